The minimum atomic E-state index is -1.22. The minimum absolute atomic E-state index is 0.00210. The highest BCUT2D eigenvalue weighted by Crippen LogP contribution is 2.29. The number of aliphatic imine (C=N–C) groups is 1. The molecule has 3 heterocycles. The molecule has 0 bridgehead atoms. The lowest BCUT2D eigenvalue weighted by Crippen LogP contribution is -2.26. The van der Waals surface area contributed by atoms with E-state index in [2.05, 4.69) is 15.0 Å². The summed E-state index contributed by atoms with van der Waals surface area (Å²) in [7, 11) is 1.22. The topological polar surface area (TPSA) is 93.6 Å². The smallest absolute Gasteiger partial charge is 0.326 e. The maximum Gasteiger partial charge on any atom is 0.326 e. The fourth-order valence-electron chi connectivity index (χ4n) is 2.86. The first-order chi connectivity index (χ1) is 13.2. The predicted octanol–water partition coefficient (Wildman–Crippen LogP) is 3.02. The summed E-state index contributed by atoms with van der Waals surface area (Å²) >= 11 is 0. The molecule has 0 spiro atoms. The molecule has 7 nitrogen and oxygen atoms in total. The third-order valence-corrected chi connectivity index (χ3v) is 4.17. The van der Waals surface area contributed by atoms with Crippen molar-refractivity contribution in [1.29, 1.82) is 0 Å². The molecule has 7 heteroatoms. The molecule has 0 amide bonds. The standard InChI is InChI=1S/C20H15N3O4/c1-26-20(25)16-17(24)15(27-19(16)23-13-6-3-2-4-7-13)10-12-11-22-18-14(12)8-5-9-21-18/h2-11,16H,1H3,(H,21,22)/b15-10-,23-19?. The molecular weight excluding hydrogens is 346 g/mol. The number of ketones is 1. The Morgan fingerprint density at radius 3 is 2.85 bits per heavy atom. The van der Waals surface area contributed by atoms with Gasteiger partial charge in [0, 0.05) is 23.3 Å². The molecule has 1 aliphatic heterocycles. The number of Topliss-reactive ketones (excluding diaryl/α,β-unsaturated/α-hetero) is 1. The fraction of sp³-hybridized carbons (Fsp3) is 0.100. The van der Waals surface area contributed by atoms with Crippen LogP contribution in [0.2, 0.25) is 0 Å². The second kappa shape index (κ2) is 6.87. The third-order valence-electron chi connectivity index (χ3n) is 4.17. The molecule has 134 valence electrons. The number of hydrogen-bond acceptors (Lipinski definition) is 6. The number of aromatic amines is 1. The van der Waals surface area contributed by atoms with Crippen molar-refractivity contribution in [3.8, 4) is 0 Å². The second-order valence-corrected chi connectivity index (χ2v) is 5.86. The van der Waals surface area contributed by atoms with Gasteiger partial charge in [0.1, 0.15) is 5.65 Å². The van der Waals surface area contributed by atoms with Gasteiger partial charge in [-0.3, -0.25) is 9.59 Å². The van der Waals surface area contributed by atoms with Crippen molar-refractivity contribution in [3.63, 3.8) is 0 Å². The fourth-order valence-corrected chi connectivity index (χ4v) is 2.86. The van der Waals surface area contributed by atoms with Crippen LogP contribution in [0, 0.1) is 5.92 Å². The zero-order valence-corrected chi connectivity index (χ0v) is 14.4. The van der Waals surface area contributed by atoms with E-state index < -0.39 is 17.7 Å². The van der Waals surface area contributed by atoms with Gasteiger partial charge in [0.2, 0.25) is 11.7 Å². The van der Waals surface area contributed by atoms with E-state index in [1.54, 1.807) is 48.8 Å². The predicted molar refractivity (Wildman–Crippen MR) is 99.2 cm³/mol. The summed E-state index contributed by atoms with van der Waals surface area (Å²) in [5.41, 5.74) is 2.00. The van der Waals surface area contributed by atoms with E-state index in [1.165, 1.54) is 7.11 Å². The van der Waals surface area contributed by atoms with Gasteiger partial charge < -0.3 is 14.5 Å². The zero-order valence-electron chi connectivity index (χ0n) is 14.4. The summed E-state index contributed by atoms with van der Waals surface area (Å²) < 4.78 is 10.4. The summed E-state index contributed by atoms with van der Waals surface area (Å²) in [4.78, 5) is 36.5. The molecule has 1 aromatic carbocycles. The first-order valence-corrected chi connectivity index (χ1v) is 8.24. The van der Waals surface area contributed by atoms with Crippen molar-refractivity contribution in [2.24, 2.45) is 10.9 Å². The lowest BCUT2D eigenvalue weighted by Gasteiger charge is -2.04. The van der Waals surface area contributed by atoms with Crippen LogP contribution in [0.4, 0.5) is 5.69 Å². The van der Waals surface area contributed by atoms with Gasteiger partial charge in [-0.05, 0) is 30.3 Å². The van der Waals surface area contributed by atoms with Crippen LogP contribution >= 0.6 is 0 Å². The number of rotatable bonds is 3. The average Bonchev–Trinajstić information content (AvgIpc) is 3.24. The first kappa shape index (κ1) is 16.7. The number of esters is 1. The van der Waals surface area contributed by atoms with E-state index in [-0.39, 0.29) is 11.7 Å². The highest BCUT2D eigenvalue weighted by molar-refractivity contribution is 6.27. The molecule has 3 aromatic rings. The van der Waals surface area contributed by atoms with Gasteiger partial charge in [0.15, 0.2) is 11.7 Å². The van der Waals surface area contributed by atoms with Crippen LogP contribution in [0.5, 0.6) is 0 Å². The summed E-state index contributed by atoms with van der Waals surface area (Å²) in [5.74, 6) is -2.38. The van der Waals surface area contributed by atoms with Gasteiger partial charge in [-0.2, -0.15) is 0 Å². The van der Waals surface area contributed by atoms with Crippen LogP contribution in [0.3, 0.4) is 0 Å². The Labute approximate surface area is 154 Å². The SMILES string of the molecule is COC(=O)C1C(=O)/C(=C/c2c[nH]c3ncccc23)OC1=Nc1ccccc1. The number of benzene rings is 1. The number of nitrogens with one attached hydrogen (secondary N) is 1. The molecule has 0 aliphatic carbocycles. The number of H-pyrrole nitrogens is 1. The molecule has 1 unspecified atom stereocenters. The van der Waals surface area contributed by atoms with Gasteiger partial charge in [0.25, 0.3) is 0 Å². The van der Waals surface area contributed by atoms with Crippen molar-refractivity contribution in [1.82, 2.24) is 9.97 Å². The van der Waals surface area contributed by atoms with Crippen molar-refractivity contribution in [2.45, 2.75) is 0 Å². The molecular formula is C20H15N3O4. The quantitative estimate of drug-likeness (QED) is 0.440. The van der Waals surface area contributed by atoms with Crippen LogP contribution in [-0.2, 0) is 19.1 Å². The van der Waals surface area contributed by atoms with E-state index in [9.17, 15) is 9.59 Å². The van der Waals surface area contributed by atoms with Gasteiger partial charge in [-0.25, -0.2) is 9.98 Å². The van der Waals surface area contributed by atoms with Crippen LogP contribution in [0.15, 0.2) is 65.6 Å². The Bertz CT molecular complexity index is 1080. The maximum atomic E-state index is 12.8. The lowest BCUT2D eigenvalue weighted by molar-refractivity contribution is -0.145. The van der Waals surface area contributed by atoms with Gasteiger partial charge in [-0.1, -0.05) is 18.2 Å². The highest BCUT2D eigenvalue weighted by Gasteiger charge is 2.44. The maximum absolute atomic E-state index is 12.8. The third kappa shape index (κ3) is 3.10. The van der Waals surface area contributed by atoms with Crippen LogP contribution < -0.4 is 0 Å². The number of allylic oxidation sites excluding steroid dienone is 1. The van der Waals surface area contributed by atoms with Crippen molar-refractivity contribution < 1.29 is 19.1 Å². The number of hydrogen-bond donors (Lipinski definition) is 1. The van der Waals surface area contributed by atoms with E-state index in [4.69, 9.17) is 9.47 Å². The number of fused-ring (bicyclic) bond motifs is 1. The molecule has 2 aromatic heterocycles. The van der Waals surface area contributed by atoms with Crippen molar-refractivity contribution >= 4 is 40.4 Å². The Morgan fingerprint density at radius 2 is 2.07 bits per heavy atom. The van der Waals surface area contributed by atoms with E-state index >= 15 is 0 Å². The summed E-state index contributed by atoms with van der Waals surface area (Å²) in [5, 5.41) is 0.837. The number of nitrogens with zero attached hydrogens (tertiary/aromatic N) is 2. The average molecular weight is 361 g/mol. The molecule has 0 saturated carbocycles. The Morgan fingerprint density at radius 1 is 1.26 bits per heavy atom. The van der Waals surface area contributed by atoms with E-state index in [1.807, 2.05) is 12.1 Å². The summed E-state index contributed by atoms with van der Waals surface area (Å²) in [6, 6.07) is 12.6. The minimum Gasteiger partial charge on any atom is -0.468 e. The normalized spacial score (nSPS) is 19.6. The van der Waals surface area contributed by atoms with Crippen molar-refractivity contribution in [3.05, 3.63) is 66.2 Å². The molecule has 1 fully saturated rings. The van der Waals surface area contributed by atoms with Crippen LogP contribution in [0.1, 0.15) is 5.56 Å². The number of para-hydroxylation sites is 1. The molecule has 4 rings (SSSR count). The molecule has 1 atom stereocenters. The molecule has 0 radical (unpaired) electrons. The first-order valence-electron chi connectivity index (χ1n) is 8.24. The number of pyridine rings is 1. The monoisotopic (exact) mass is 361 g/mol. The number of aromatic nitrogens is 2. The molecule has 27 heavy (non-hydrogen) atoms. The summed E-state index contributed by atoms with van der Waals surface area (Å²) in [6.45, 7) is 0. The van der Waals surface area contributed by atoms with Gasteiger partial charge in [-0.15, -0.1) is 0 Å². The van der Waals surface area contributed by atoms with E-state index in [0.29, 0.717) is 11.3 Å². The second-order valence-electron chi connectivity index (χ2n) is 5.86. The summed E-state index contributed by atoms with van der Waals surface area (Å²) in [6.07, 6.45) is 4.97. The Balaban J connectivity index is 1.76. The van der Waals surface area contributed by atoms with Crippen LogP contribution in [0.25, 0.3) is 17.1 Å². The zero-order chi connectivity index (χ0) is 18.8. The lowest BCUT2D eigenvalue weighted by atomic mass is 10.0. The van der Waals surface area contributed by atoms with Gasteiger partial charge in [0.05, 0.1) is 12.8 Å². The number of ether oxygens (including phenoxy) is 2. The largest absolute Gasteiger partial charge is 0.468 e. The Kier molecular flexibility index (Phi) is 4.25. The number of carbonyl (C=O) groups excluding carboxylic acids is 2. The Hall–Kier alpha value is -3.74. The number of methoxy groups -OCH3 is 1. The number of carbonyl (C=O) groups is 2. The molecule has 1 saturated heterocycles. The molecule has 1 aliphatic rings. The van der Waals surface area contributed by atoms with E-state index in [0.717, 1.165) is 10.9 Å². The van der Waals surface area contributed by atoms with Crippen LogP contribution in [-0.4, -0.2) is 34.7 Å². The van der Waals surface area contributed by atoms with Gasteiger partial charge >= 0.3 is 5.97 Å². The highest BCUT2D eigenvalue weighted by atomic mass is 16.5. The molecule has 1 N–H and O–H groups in total. The van der Waals surface area contributed by atoms with Crippen molar-refractivity contribution in [2.75, 3.05) is 7.11 Å².